The molecule has 2 aliphatic heterocycles. The van der Waals surface area contributed by atoms with E-state index in [-0.39, 0.29) is 17.8 Å². The first-order valence-corrected chi connectivity index (χ1v) is 6.57. The van der Waals surface area contributed by atoms with E-state index in [1.807, 2.05) is 13.0 Å². The van der Waals surface area contributed by atoms with E-state index in [2.05, 4.69) is 5.32 Å². The van der Waals surface area contributed by atoms with Gasteiger partial charge in [0.05, 0.1) is 12.0 Å². The van der Waals surface area contributed by atoms with Gasteiger partial charge < -0.3 is 9.47 Å². The number of carbonyl (C=O) groups is 2. The molecule has 1 fully saturated rings. The Morgan fingerprint density at radius 1 is 1.42 bits per heavy atom. The monoisotopic (exact) mass is 267 g/mol. The molecule has 0 saturated carbocycles. The number of rotatable bonds is 1. The van der Waals surface area contributed by atoms with Crippen LogP contribution in [0.2, 0.25) is 0 Å². The molecular weight excluding hydrogens is 246 g/mol. The van der Waals surface area contributed by atoms with E-state index in [1.54, 1.807) is 33.8 Å². The van der Waals surface area contributed by atoms with Crippen LogP contribution in [-0.4, -0.2) is 29.3 Å². The molecule has 2 heterocycles. The number of hydrogen-bond donors (Lipinski definition) is 1. The Morgan fingerprint density at radius 2 is 2.05 bits per heavy atom. The first-order chi connectivity index (χ1) is 8.65. The Morgan fingerprint density at radius 3 is 2.63 bits per heavy atom. The highest BCUT2D eigenvalue weighted by atomic mass is 16.6. The van der Waals surface area contributed by atoms with Gasteiger partial charge in [0, 0.05) is 5.92 Å². The third kappa shape index (κ3) is 2.52. The molecule has 4 atom stereocenters. The summed E-state index contributed by atoms with van der Waals surface area (Å²) in [7, 11) is 0. The first-order valence-electron chi connectivity index (χ1n) is 6.57. The average Bonchev–Trinajstić information content (AvgIpc) is 2.64. The van der Waals surface area contributed by atoms with Gasteiger partial charge in [-0.3, -0.25) is 10.1 Å². The van der Waals surface area contributed by atoms with Gasteiger partial charge in [0.1, 0.15) is 11.4 Å². The molecule has 0 aliphatic carbocycles. The molecule has 1 saturated heterocycles. The van der Waals surface area contributed by atoms with E-state index in [1.165, 1.54) is 0 Å². The molecule has 1 N–H and O–H groups in total. The zero-order chi connectivity index (χ0) is 14.4. The molecule has 0 aromatic rings. The maximum Gasteiger partial charge on any atom is 0.410 e. The quantitative estimate of drug-likeness (QED) is 0.738. The average molecular weight is 267 g/mol. The minimum atomic E-state index is -1.06. The first kappa shape index (κ1) is 14.1. The van der Waals surface area contributed by atoms with Gasteiger partial charge in [-0.05, 0) is 26.8 Å². The predicted octanol–water partition coefficient (Wildman–Crippen LogP) is 2.02. The number of Topliss-reactive ketones (excluding diaryl/α,β-unsaturated/α-hetero) is 1. The Kier molecular flexibility index (Phi) is 3.21. The van der Waals surface area contributed by atoms with Crippen molar-refractivity contribution in [2.45, 2.75) is 52.0 Å². The van der Waals surface area contributed by atoms with Crippen molar-refractivity contribution >= 4 is 11.9 Å². The molecule has 0 aromatic carbocycles. The summed E-state index contributed by atoms with van der Waals surface area (Å²) >= 11 is 0. The number of carbonyl (C=O) groups excluding carboxylic acids is 2. The van der Waals surface area contributed by atoms with Gasteiger partial charge in [0.15, 0.2) is 5.72 Å². The van der Waals surface area contributed by atoms with Crippen molar-refractivity contribution in [2.75, 3.05) is 0 Å². The highest BCUT2D eigenvalue weighted by Gasteiger charge is 2.53. The van der Waals surface area contributed by atoms with E-state index >= 15 is 0 Å². The van der Waals surface area contributed by atoms with Crippen LogP contribution in [0.4, 0.5) is 4.79 Å². The molecule has 5 heteroatoms. The lowest BCUT2D eigenvalue weighted by Gasteiger charge is -2.41. The van der Waals surface area contributed by atoms with Crippen LogP contribution in [0.1, 0.15) is 34.6 Å². The molecule has 2 bridgehead atoms. The van der Waals surface area contributed by atoms with Crippen LogP contribution >= 0.6 is 0 Å². The third-order valence-electron chi connectivity index (χ3n) is 3.57. The topological polar surface area (TPSA) is 64.6 Å². The van der Waals surface area contributed by atoms with Crippen LogP contribution in [-0.2, 0) is 14.3 Å². The Bertz CT molecular complexity index is 437. The molecule has 2 rings (SSSR count). The summed E-state index contributed by atoms with van der Waals surface area (Å²) in [5.41, 5.74) is -1.64. The molecule has 0 aromatic heterocycles. The number of ether oxygens (including phenoxy) is 2. The maximum absolute atomic E-state index is 12.1. The molecule has 5 nitrogen and oxygen atoms in total. The lowest BCUT2D eigenvalue weighted by atomic mass is 9.84. The fourth-order valence-corrected chi connectivity index (χ4v) is 2.47. The van der Waals surface area contributed by atoms with Crippen LogP contribution in [0.5, 0.6) is 0 Å². The second-order valence-electron chi connectivity index (χ2n) is 6.27. The van der Waals surface area contributed by atoms with Crippen molar-refractivity contribution in [2.24, 2.45) is 11.8 Å². The number of alkyl carbamates (subject to hydrolysis) is 1. The van der Waals surface area contributed by atoms with Gasteiger partial charge in [-0.2, -0.15) is 0 Å². The number of amides is 1. The lowest BCUT2D eigenvalue weighted by molar-refractivity contribution is -0.163. The summed E-state index contributed by atoms with van der Waals surface area (Å²) in [5.74, 6) is -0.510. The minimum Gasteiger partial charge on any atom is -0.444 e. The zero-order valence-electron chi connectivity index (χ0n) is 12.0. The zero-order valence-corrected chi connectivity index (χ0v) is 12.0. The van der Waals surface area contributed by atoms with E-state index < -0.39 is 23.3 Å². The second kappa shape index (κ2) is 4.34. The Labute approximate surface area is 113 Å². The summed E-state index contributed by atoms with van der Waals surface area (Å²) < 4.78 is 11.0. The molecule has 19 heavy (non-hydrogen) atoms. The normalized spacial score (nSPS) is 37.3. The van der Waals surface area contributed by atoms with Crippen LogP contribution in [0.3, 0.4) is 0 Å². The number of ketones is 1. The van der Waals surface area contributed by atoms with Crippen molar-refractivity contribution in [3.05, 3.63) is 12.2 Å². The van der Waals surface area contributed by atoms with E-state index in [0.717, 1.165) is 0 Å². The van der Waals surface area contributed by atoms with Gasteiger partial charge in [-0.15, -0.1) is 0 Å². The predicted molar refractivity (Wildman–Crippen MR) is 69.4 cm³/mol. The molecular formula is C14H21NO4. The highest BCUT2D eigenvalue weighted by Crippen LogP contribution is 2.39. The fourth-order valence-electron chi connectivity index (χ4n) is 2.47. The van der Waals surface area contributed by atoms with Crippen molar-refractivity contribution in [3.8, 4) is 0 Å². The highest BCUT2D eigenvalue weighted by molar-refractivity contribution is 5.87. The van der Waals surface area contributed by atoms with Gasteiger partial charge in [-0.1, -0.05) is 19.9 Å². The van der Waals surface area contributed by atoms with Crippen LogP contribution in [0.15, 0.2) is 12.2 Å². The summed E-state index contributed by atoms with van der Waals surface area (Å²) in [5, 5.41) is 2.69. The smallest absolute Gasteiger partial charge is 0.410 e. The third-order valence-corrected chi connectivity index (χ3v) is 3.57. The van der Waals surface area contributed by atoms with Crippen LogP contribution in [0, 0.1) is 11.8 Å². The lowest BCUT2D eigenvalue weighted by Crippen LogP contribution is -2.60. The molecule has 0 radical (unpaired) electrons. The minimum absolute atomic E-state index is 0.0947. The molecule has 1 amide bonds. The second-order valence-corrected chi connectivity index (χ2v) is 6.27. The van der Waals surface area contributed by atoms with E-state index in [0.29, 0.717) is 0 Å². The van der Waals surface area contributed by atoms with Gasteiger partial charge in [0.25, 0.3) is 0 Å². The summed E-state index contributed by atoms with van der Waals surface area (Å²) in [6.07, 6.45) is 2.75. The van der Waals surface area contributed by atoms with E-state index in [4.69, 9.17) is 9.47 Å². The maximum atomic E-state index is 12.1. The summed E-state index contributed by atoms with van der Waals surface area (Å²) in [6.45, 7) is 8.97. The Hall–Kier alpha value is -1.36. The van der Waals surface area contributed by atoms with Crippen molar-refractivity contribution in [1.82, 2.24) is 5.32 Å². The SMILES string of the molecule is C[C@H]1C(=O)[C@H](C)[C@]2(NC(=O)OC(C)(C)C)C=C[C@H]1O2. The van der Waals surface area contributed by atoms with Gasteiger partial charge in [0.2, 0.25) is 0 Å². The standard InChI is InChI=1S/C14H21NO4/c1-8-10-6-7-14(18-10,9(2)11(8)16)15-12(17)19-13(3,4)5/h6-10H,1-5H3,(H,15,17)/t8-,9+,10-,14+/m1/s1. The van der Waals surface area contributed by atoms with E-state index in [9.17, 15) is 9.59 Å². The summed E-state index contributed by atoms with van der Waals surface area (Å²) in [4.78, 5) is 24.0. The molecule has 2 aliphatic rings. The largest absolute Gasteiger partial charge is 0.444 e. The molecule has 0 unspecified atom stereocenters. The molecule has 106 valence electrons. The number of fused-ring (bicyclic) bond motifs is 2. The van der Waals surface area contributed by atoms with Gasteiger partial charge >= 0.3 is 6.09 Å². The van der Waals surface area contributed by atoms with Crippen molar-refractivity contribution in [1.29, 1.82) is 0 Å². The number of nitrogens with one attached hydrogen (secondary N) is 1. The molecule has 0 spiro atoms. The van der Waals surface area contributed by atoms with Crippen LogP contribution < -0.4 is 5.32 Å². The van der Waals surface area contributed by atoms with Crippen LogP contribution in [0.25, 0.3) is 0 Å². The van der Waals surface area contributed by atoms with Crippen molar-refractivity contribution in [3.63, 3.8) is 0 Å². The van der Waals surface area contributed by atoms with Crippen molar-refractivity contribution < 1.29 is 19.1 Å². The van der Waals surface area contributed by atoms with Gasteiger partial charge in [-0.25, -0.2) is 4.79 Å². The number of hydrogen-bond acceptors (Lipinski definition) is 4. The Balaban J connectivity index is 2.14. The summed E-state index contributed by atoms with van der Waals surface area (Å²) in [6, 6.07) is 0. The fraction of sp³-hybridized carbons (Fsp3) is 0.714.